The minimum absolute atomic E-state index is 0.0659. The largest absolute Gasteiger partial charge is 0.466 e. The van der Waals surface area contributed by atoms with Gasteiger partial charge in [0.05, 0.1) is 13.2 Å². The summed E-state index contributed by atoms with van der Waals surface area (Å²) < 4.78 is 15.4. The van der Waals surface area contributed by atoms with Gasteiger partial charge in [-0.3, -0.25) is 9.59 Å². The summed E-state index contributed by atoms with van der Waals surface area (Å²) >= 11 is 0. The van der Waals surface area contributed by atoms with E-state index < -0.39 is 0 Å². The Morgan fingerprint density at radius 3 is 1.85 bits per heavy atom. The summed E-state index contributed by atoms with van der Waals surface area (Å²) in [6.07, 6.45) is 8.31. The maximum atomic E-state index is 11.4. The van der Waals surface area contributed by atoms with Gasteiger partial charge in [0, 0.05) is 12.8 Å². The molecule has 0 N–H and O–H groups in total. The number of carbonyl (C=O) groups excluding carboxylic acids is 2. The number of cyclic esters (lactones) is 2. The van der Waals surface area contributed by atoms with Gasteiger partial charge in [-0.15, -0.1) is 0 Å². The first-order chi connectivity index (χ1) is 9.79. The molecule has 5 heteroatoms. The lowest BCUT2D eigenvalue weighted by Crippen LogP contribution is -2.09. The molecule has 0 aromatic rings. The van der Waals surface area contributed by atoms with Crippen LogP contribution >= 0.6 is 0 Å². The van der Waals surface area contributed by atoms with Crippen molar-refractivity contribution in [2.24, 2.45) is 0 Å². The lowest BCUT2D eigenvalue weighted by molar-refractivity contribution is -0.156. The smallest absolute Gasteiger partial charge is 0.307 e. The molecule has 116 valence electrons. The Hall–Kier alpha value is -1.10. The molecule has 0 amide bonds. The van der Waals surface area contributed by atoms with Crippen molar-refractivity contribution in [3.8, 4) is 0 Å². The van der Waals surface area contributed by atoms with Crippen LogP contribution in [0, 0.1) is 0 Å². The Bertz CT molecular complexity index is 249. The van der Waals surface area contributed by atoms with Crippen LogP contribution in [0.4, 0.5) is 0 Å². The number of ether oxygens (including phenoxy) is 3. The molecule has 0 aromatic heterocycles. The molecule has 5 nitrogen and oxygen atoms in total. The Kier molecular flexibility index (Phi) is 9.92. The SMILES string of the molecule is O=C1CCCCCCC(=O)OCOCCCCCCO1. The maximum absolute atomic E-state index is 11.4. The summed E-state index contributed by atoms with van der Waals surface area (Å²) in [5.41, 5.74) is 0. The van der Waals surface area contributed by atoms with Crippen LogP contribution in [0.5, 0.6) is 0 Å². The van der Waals surface area contributed by atoms with E-state index in [1.807, 2.05) is 0 Å². The minimum atomic E-state index is -0.203. The van der Waals surface area contributed by atoms with Crippen molar-refractivity contribution in [2.75, 3.05) is 20.0 Å². The number of hydrogen-bond donors (Lipinski definition) is 0. The third-order valence-electron chi connectivity index (χ3n) is 3.26. The minimum Gasteiger partial charge on any atom is -0.466 e. The second-order valence-corrected chi connectivity index (χ2v) is 5.09. The third-order valence-corrected chi connectivity index (χ3v) is 3.26. The highest BCUT2D eigenvalue weighted by Gasteiger charge is 2.05. The van der Waals surface area contributed by atoms with Gasteiger partial charge < -0.3 is 14.2 Å². The van der Waals surface area contributed by atoms with Gasteiger partial charge in [-0.1, -0.05) is 19.3 Å². The van der Waals surface area contributed by atoms with Crippen LogP contribution in [-0.2, 0) is 23.8 Å². The van der Waals surface area contributed by atoms with E-state index in [4.69, 9.17) is 14.2 Å². The molecule has 0 aromatic carbocycles. The molecule has 1 aliphatic heterocycles. The molecule has 1 aliphatic rings. The molecule has 0 unspecified atom stereocenters. The number of carbonyl (C=O) groups is 2. The highest BCUT2D eigenvalue weighted by atomic mass is 16.7. The van der Waals surface area contributed by atoms with E-state index in [9.17, 15) is 9.59 Å². The van der Waals surface area contributed by atoms with E-state index in [0.717, 1.165) is 51.4 Å². The van der Waals surface area contributed by atoms with E-state index in [0.29, 0.717) is 26.1 Å². The molecule has 1 heterocycles. The van der Waals surface area contributed by atoms with Crippen molar-refractivity contribution in [3.63, 3.8) is 0 Å². The van der Waals surface area contributed by atoms with Crippen molar-refractivity contribution in [3.05, 3.63) is 0 Å². The number of hydrogen-bond acceptors (Lipinski definition) is 5. The zero-order valence-electron chi connectivity index (χ0n) is 12.2. The summed E-state index contributed by atoms with van der Waals surface area (Å²) in [7, 11) is 0. The van der Waals surface area contributed by atoms with Gasteiger partial charge in [0.15, 0.2) is 6.79 Å². The van der Waals surface area contributed by atoms with E-state index in [-0.39, 0.29) is 18.7 Å². The lowest BCUT2D eigenvalue weighted by Gasteiger charge is -2.08. The first-order valence-electron chi connectivity index (χ1n) is 7.68. The summed E-state index contributed by atoms with van der Waals surface area (Å²) in [5.74, 6) is -0.306. The normalized spacial score (nSPS) is 22.2. The first kappa shape index (κ1) is 17.0. The van der Waals surface area contributed by atoms with Crippen molar-refractivity contribution in [1.29, 1.82) is 0 Å². The molecule has 0 bridgehead atoms. The second-order valence-electron chi connectivity index (χ2n) is 5.09. The van der Waals surface area contributed by atoms with Gasteiger partial charge in [0.2, 0.25) is 0 Å². The molecule has 0 radical (unpaired) electrons. The van der Waals surface area contributed by atoms with Gasteiger partial charge in [-0.2, -0.15) is 0 Å². The van der Waals surface area contributed by atoms with Crippen LogP contribution in [0.3, 0.4) is 0 Å². The maximum Gasteiger partial charge on any atom is 0.307 e. The third kappa shape index (κ3) is 9.78. The highest BCUT2D eigenvalue weighted by Crippen LogP contribution is 2.08. The topological polar surface area (TPSA) is 61.8 Å². The second kappa shape index (κ2) is 11.7. The van der Waals surface area contributed by atoms with Crippen LogP contribution in [0.2, 0.25) is 0 Å². The van der Waals surface area contributed by atoms with E-state index in [1.54, 1.807) is 0 Å². The fraction of sp³-hybridized carbons (Fsp3) is 0.867. The molecule has 1 fully saturated rings. The summed E-state index contributed by atoms with van der Waals surface area (Å²) in [6, 6.07) is 0. The summed E-state index contributed by atoms with van der Waals surface area (Å²) in [5, 5.41) is 0. The molecule has 1 rings (SSSR count). The van der Waals surface area contributed by atoms with Gasteiger partial charge >= 0.3 is 11.9 Å². The monoisotopic (exact) mass is 286 g/mol. The van der Waals surface area contributed by atoms with Gasteiger partial charge in [-0.25, -0.2) is 0 Å². The molecular weight excluding hydrogens is 260 g/mol. The van der Waals surface area contributed by atoms with E-state index in [1.165, 1.54) is 0 Å². The predicted molar refractivity (Wildman–Crippen MR) is 74.0 cm³/mol. The quantitative estimate of drug-likeness (QED) is 0.641. The van der Waals surface area contributed by atoms with Crippen LogP contribution in [0.1, 0.15) is 64.2 Å². The fourth-order valence-electron chi connectivity index (χ4n) is 2.05. The molecule has 0 spiro atoms. The van der Waals surface area contributed by atoms with E-state index >= 15 is 0 Å². The Labute approximate surface area is 121 Å². The molecule has 0 atom stereocenters. The van der Waals surface area contributed by atoms with Crippen molar-refractivity contribution in [1.82, 2.24) is 0 Å². The van der Waals surface area contributed by atoms with Gasteiger partial charge in [-0.05, 0) is 32.1 Å². The zero-order chi connectivity index (χ0) is 14.5. The summed E-state index contributed by atoms with van der Waals surface area (Å²) in [4.78, 5) is 22.8. The first-order valence-corrected chi connectivity index (χ1v) is 7.68. The van der Waals surface area contributed by atoms with Crippen LogP contribution in [0.25, 0.3) is 0 Å². The van der Waals surface area contributed by atoms with Gasteiger partial charge in [0.25, 0.3) is 0 Å². The Balaban J connectivity index is 2.19. The average molecular weight is 286 g/mol. The Morgan fingerprint density at radius 1 is 0.600 bits per heavy atom. The fourth-order valence-corrected chi connectivity index (χ4v) is 2.05. The number of esters is 2. The highest BCUT2D eigenvalue weighted by molar-refractivity contribution is 5.69. The van der Waals surface area contributed by atoms with Crippen LogP contribution in [0.15, 0.2) is 0 Å². The Morgan fingerprint density at radius 2 is 1.15 bits per heavy atom. The van der Waals surface area contributed by atoms with Crippen molar-refractivity contribution >= 4 is 11.9 Å². The lowest BCUT2D eigenvalue weighted by atomic mass is 10.1. The molecule has 20 heavy (non-hydrogen) atoms. The van der Waals surface area contributed by atoms with Crippen molar-refractivity contribution < 1.29 is 23.8 Å². The standard InChI is InChI=1S/C15H26O5/c16-14-9-5-1-2-6-10-15(17)20-13-18-11-7-3-4-8-12-19-14/h1-13H2. The average Bonchev–Trinajstić information content (AvgIpc) is 2.43. The molecule has 0 aliphatic carbocycles. The number of rotatable bonds is 0. The molecular formula is C15H26O5. The van der Waals surface area contributed by atoms with Crippen LogP contribution in [-0.4, -0.2) is 31.9 Å². The zero-order valence-corrected chi connectivity index (χ0v) is 12.2. The predicted octanol–water partition coefficient (Wildman–Crippen LogP) is 2.96. The molecule has 1 saturated heterocycles. The van der Waals surface area contributed by atoms with Crippen LogP contribution < -0.4 is 0 Å². The van der Waals surface area contributed by atoms with Crippen molar-refractivity contribution in [2.45, 2.75) is 64.2 Å². The molecule has 0 saturated carbocycles. The van der Waals surface area contributed by atoms with Gasteiger partial charge in [0.1, 0.15) is 0 Å². The summed E-state index contributed by atoms with van der Waals surface area (Å²) in [6.45, 7) is 1.20. The van der Waals surface area contributed by atoms with E-state index in [2.05, 4.69) is 0 Å².